The average molecular weight is 405 g/mol. The first-order valence-electron chi connectivity index (χ1n) is 8.38. The number of rotatable bonds is 2. The quantitative estimate of drug-likeness (QED) is 0.720. The van der Waals surface area contributed by atoms with Crippen molar-refractivity contribution >= 4 is 11.6 Å². The van der Waals surface area contributed by atoms with Gasteiger partial charge in [-0.15, -0.1) is 0 Å². The molecule has 1 aliphatic rings. The van der Waals surface area contributed by atoms with E-state index in [2.05, 4.69) is 10.4 Å². The van der Waals surface area contributed by atoms with Crippen molar-refractivity contribution in [1.29, 1.82) is 0 Å². The van der Waals surface area contributed by atoms with E-state index in [9.17, 15) is 31.1 Å². The molecule has 1 N–H and O–H groups in total. The zero-order valence-electron chi connectivity index (χ0n) is 15.2. The molecule has 1 aromatic heterocycles. The molecule has 3 rings (SSSR count). The van der Waals surface area contributed by atoms with E-state index in [0.717, 1.165) is 19.0 Å². The van der Waals surface area contributed by atoms with Gasteiger partial charge in [0, 0.05) is 12.7 Å². The SMILES string of the molecule is Cn1nc(C(F)(F)F)c(C(=O)Nc2cccc3c2CCC3(C)C)c1C(F)(F)F. The zero-order chi connectivity index (χ0) is 21.1. The van der Waals surface area contributed by atoms with Crippen molar-refractivity contribution in [2.24, 2.45) is 7.05 Å². The number of nitrogens with zero attached hydrogens (tertiary/aromatic N) is 2. The number of aryl methyl sites for hydroxylation is 1. The van der Waals surface area contributed by atoms with E-state index in [-0.39, 0.29) is 15.8 Å². The molecule has 4 nitrogen and oxygen atoms in total. The van der Waals surface area contributed by atoms with Crippen LogP contribution in [0.2, 0.25) is 0 Å². The first-order valence-corrected chi connectivity index (χ1v) is 8.38. The van der Waals surface area contributed by atoms with E-state index in [1.807, 2.05) is 19.9 Å². The van der Waals surface area contributed by atoms with Crippen LogP contribution in [-0.2, 0) is 31.2 Å². The van der Waals surface area contributed by atoms with Gasteiger partial charge in [0.1, 0.15) is 5.56 Å². The molecule has 0 unspecified atom stereocenters. The van der Waals surface area contributed by atoms with E-state index in [0.29, 0.717) is 12.0 Å². The van der Waals surface area contributed by atoms with Crippen LogP contribution in [0.3, 0.4) is 0 Å². The second kappa shape index (κ2) is 6.25. The van der Waals surface area contributed by atoms with Gasteiger partial charge in [-0.3, -0.25) is 9.48 Å². The molecule has 152 valence electrons. The Morgan fingerprint density at radius 2 is 1.79 bits per heavy atom. The number of aromatic nitrogens is 2. The third-order valence-corrected chi connectivity index (χ3v) is 4.96. The fourth-order valence-corrected chi connectivity index (χ4v) is 3.63. The topological polar surface area (TPSA) is 46.9 Å². The van der Waals surface area contributed by atoms with Gasteiger partial charge in [0.25, 0.3) is 5.91 Å². The van der Waals surface area contributed by atoms with E-state index in [4.69, 9.17) is 0 Å². The van der Waals surface area contributed by atoms with E-state index in [1.54, 1.807) is 6.07 Å². The molecule has 1 aromatic carbocycles. The molecule has 1 heterocycles. The van der Waals surface area contributed by atoms with Crippen LogP contribution in [0.15, 0.2) is 18.2 Å². The maximum atomic E-state index is 13.3. The monoisotopic (exact) mass is 405 g/mol. The number of hydrogen-bond acceptors (Lipinski definition) is 2. The van der Waals surface area contributed by atoms with Crippen molar-refractivity contribution in [3.8, 4) is 0 Å². The lowest BCUT2D eigenvalue weighted by Gasteiger charge is -2.19. The number of anilines is 1. The van der Waals surface area contributed by atoms with Crippen LogP contribution in [0.25, 0.3) is 0 Å². The highest BCUT2D eigenvalue weighted by Crippen LogP contribution is 2.42. The summed E-state index contributed by atoms with van der Waals surface area (Å²) < 4.78 is 79.7. The molecule has 28 heavy (non-hydrogen) atoms. The summed E-state index contributed by atoms with van der Waals surface area (Å²) in [6.07, 6.45) is -9.08. The molecule has 0 aliphatic heterocycles. The smallest absolute Gasteiger partial charge is 0.322 e. The highest BCUT2D eigenvalue weighted by atomic mass is 19.4. The molecule has 1 amide bonds. The van der Waals surface area contributed by atoms with Crippen LogP contribution in [0, 0.1) is 0 Å². The minimum absolute atomic E-state index is 0.0380. The van der Waals surface area contributed by atoms with Gasteiger partial charge in [-0.05, 0) is 35.4 Å². The summed E-state index contributed by atoms with van der Waals surface area (Å²) in [6, 6.07) is 4.92. The highest BCUT2D eigenvalue weighted by Gasteiger charge is 2.48. The molecule has 0 fully saturated rings. The highest BCUT2D eigenvalue weighted by molar-refractivity contribution is 6.06. The van der Waals surface area contributed by atoms with Crippen molar-refractivity contribution in [3.05, 3.63) is 46.3 Å². The minimum atomic E-state index is -5.21. The Morgan fingerprint density at radius 3 is 2.36 bits per heavy atom. The number of carbonyl (C=O) groups excluding carboxylic acids is 1. The fourth-order valence-electron chi connectivity index (χ4n) is 3.63. The van der Waals surface area contributed by atoms with Crippen LogP contribution < -0.4 is 5.32 Å². The fraction of sp³-hybridized carbons (Fsp3) is 0.444. The average Bonchev–Trinajstić information content (AvgIpc) is 3.05. The van der Waals surface area contributed by atoms with E-state index in [1.165, 1.54) is 6.07 Å². The zero-order valence-corrected chi connectivity index (χ0v) is 15.2. The minimum Gasteiger partial charge on any atom is -0.322 e. The van der Waals surface area contributed by atoms with Crippen molar-refractivity contribution in [2.75, 3.05) is 5.32 Å². The molecule has 10 heteroatoms. The summed E-state index contributed by atoms with van der Waals surface area (Å²) in [5.41, 5.74) is -3.51. The Kier molecular flexibility index (Phi) is 4.51. The van der Waals surface area contributed by atoms with E-state index >= 15 is 0 Å². The van der Waals surface area contributed by atoms with Gasteiger partial charge < -0.3 is 5.32 Å². The Balaban J connectivity index is 2.09. The standard InChI is InChI=1S/C18H17F6N3O/c1-16(2)8-7-9-10(16)5-4-6-11(9)25-15(28)12-13(17(19,20)21)26-27(3)14(12)18(22,23)24/h4-6H,7-8H2,1-3H3,(H,25,28). The summed E-state index contributed by atoms with van der Waals surface area (Å²) in [6.45, 7) is 3.96. The Morgan fingerprint density at radius 1 is 1.14 bits per heavy atom. The number of nitrogens with one attached hydrogen (secondary N) is 1. The van der Waals surface area contributed by atoms with Crippen molar-refractivity contribution in [1.82, 2.24) is 9.78 Å². The molecule has 0 atom stereocenters. The summed E-state index contributed by atoms with van der Waals surface area (Å²) in [5, 5.41) is 5.16. The second-order valence-corrected chi connectivity index (χ2v) is 7.36. The van der Waals surface area contributed by atoms with Crippen LogP contribution in [0.4, 0.5) is 32.0 Å². The molecule has 1 aliphatic carbocycles. The number of benzene rings is 1. The predicted molar refractivity (Wildman–Crippen MR) is 89.0 cm³/mol. The maximum absolute atomic E-state index is 13.3. The van der Waals surface area contributed by atoms with Crippen molar-refractivity contribution < 1.29 is 31.1 Å². The molecular weight excluding hydrogens is 388 g/mol. The number of fused-ring (bicyclic) bond motifs is 1. The normalized spacial score (nSPS) is 16.2. The maximum Gasteiger partial charge on any atom is 0.435 e. The number of amides is 1. The first-order chi connectivity index (χ1) is 12.7. The number of halogens is 6. The van der Waals surface area contributed by atoms with Crippen molar-refractivity contribution in [3.63, 3.8) is 0 Å². The van der Waals surface area contributed by atoms with Gasteiger partial charge in [0.15, 0.2) is 11.4 Å². The van der Waals surface area contributed by atoms with Gasteiger partial charge >= 0.3 is 12.4 Å². The Labute approximate surface area is 156 Å². The van der Waals surface area contributed by atoms with E-state index < -0.39 is 35.2 Å². The van der Waals surface area contributed by atoms with Gasteiger partial charge in [-0.1, -0.05) is 26.0 Å². The van der Waals surface area contributed by atoms with Gasteiger partial charge in [0.2, 0.25) is 0 Å². The Bertz CT molecular complexity index is 940. The van der Waals surface area contributed by atoms with Gasteiger partial charge in [-0.25, -0.2) is 0 Å². The van der Waals surface area contributed by atoms with Gasteiger partial charge in [0.05, 0.1) is 0 Å². The molecule has 0 radical (unpaired) electrons. The molecular formula is C18H17F6N3O. The second-order valence-electron chi connectivity index (χ2n) is 7.36. The van der Waals surface area contributed by atoms with Crippen LogP contribution >= 0.6 is 0 Å². The molecule has 0 spiro atoms. The lowest BCUT2D eigenvalue weighted by atomic mass is 9.86. The first kappa shape index (κ1) is 20.2. The number of alkyl halides is 6. The van der Waals surface area contributed by atoms with Crippen LogP contribution in [0.5, 0.6) is 0 Å². The van der Waals surface area contributed by atoms with Gasteiger partial charge in [-0.2, -0.15) is 31.4 Å². The Hall–Kier alpha value is -2.52. The summed E-state index contributed by atoms with van der Waals surface area (Å²) >= 11 is 0. The largest absolute Gasteiger partial charge is 0.435 e. The lowest BCUT2D eigenvalue weighted by molar-refractivity contribution is -0.144. The third-order valence-electron chi connectivity index (χ3n) is 4.96. The molecule has 0 bridgehead atoms. The number of carbonyl (C=O) groups is 1. The molecule has 2 aromatic rings. The summed E-state index contributed by atoms with van der Waals surface area (Å²) in [5.74, 6) is -1.49. The number of hydrogen-bond donors (Lipinski definition) is 1. The summed E-state index contributed by atoms with van der Waals surface area (Å²) in [4.78, 5) is 12.6. The van der Waals surface area contributed by atoms with Crippen molar-refractivity contribution in [2.45, 2.75) is 44.5 Å². The molecule has 0 saturated heterocycles. The third kappa shape index (κ3) is 3.35. The van der Waals surface area contributed by atoms with Crippen LogP contribution in [-0.4, -0.2) is 15.7 Å². The molecule has 0 saturated carbocycles. The lowest BCUT2D eigenvalue weighted by Crippen LogP contribution is -2.23. The summed E-state index contributed by atoms with van der Waals surface area (Å²) in [7, 11) is 0.720. The van der Waals surface area contributed by atoms with Crippen LogP contribution in [0.1, 0.15) is 53.1 Å². The predicted octanol–water partition coefficient (Wildman–Crippen LogP) is 4.93.